The number of piperazine rings is 1. The Hall–Kier alpha value is -1.29. The molecule has 1 aliphatic heterocycles. The fourth-order valence-electron chi connectivity index (χ4n) is 1.51. The Morgan fingerprint density at radius 1 is 1.36 bits per heavy atom. The predicted molar refractivity (Wildman–Crippen MR) is 51.5 cm³/mol. The summed E-state index contributed by atoms with van der Waals surface area (Å²) >= 11 is 0. The minimum atomic E-state index is -0.0249. The van der Waals surface area contributed by atoms with Crippen molar-refractivity contribution in [3.05, 3.63) is 31.2 Å². The van der Waals surface area contributed by atoms with Gasteiger partial charge in [0.25, 0.3) is 5.91 Å². The molecule has 1 saturated heterocycles. The number of hydrogen-bond donors (Lipinski definition) is 0. The summed E-state index contributed by atoms with van der Waals surface area (Å²) in [5.74, 6) is 0.394. The molecule has 0 atom stereocenters. The molecule has 2 rings (SSSR count). The largest absolute Gasteiger partial charge is 0.459 e. The number of nitrogens with zero attached hydrogens (tertiary/aromatic N) is 2. The Labute approximate surface area is 83.1 Å². The summed E-state index contributed by atoms with van der Waals surface area (Å²) in [6.07, 6.45) is 1.52. The van der Waals surface area contributed by atoms with E-state index in [-0.39, 0.29) is 5.91 Å². The maximum atomic E-state index is 11.8. The van der Waals surface area contributed by atoms with Crippen LogP contribution in [0.4, 0.5) is 0 Å². The van der Waals surface area contributed by atoms with Gasteiger partial charge in [0.2, 0.25) is 0 Å². The van der Waals surface area contributed by atoms with Crippen LogP contribution in [0.15, 0.2) is 22.8 Å². The van der Waals surface area contributed by atoms with Crippen molar-refractivity contribution in [2.75, 3.05) is 26.2 Å². The lowest BCUT2D eigenvalue weighted by molar-refractivity contribution is 0.0645. The third-order valence-corrected chi connectivity index (χ3v) is 2.39. The average Bonchev–Trinajstić information content (AvgIpc) is 2.71. The first-order valence-electron chi connectivity index (χ1n) is 4.65. The number of rotatable bonds is 1. The van der Waals surface area contributed by atoms with Crippen LogP contribution < -0.4 is 0 Å². The maximum absolute atomic E-state index is 11.8. The second kappa shape index (κ2) is 3.84. The van der Waals surface area contributed by atoms with Crippen molar-refractivity contribution in [1.29, 1.82) is 0 Å². The lowest BCUT2D eigenvalue weighted by Gasteiger charge is -2.36. The fourth-order valence-corrected chi connectivity index (χ4v) is 1.51. The van der Waals surface area contributed by atoms with Gasteiger partial charge < -0.3 is 14.2 Å². The van der Waals surface area contributed by atoms with Crippen molar-refractivity contribution in [3.63, 3.8) is 0 Å². The molecule has 14 heavy (non-hydrogen) atoms. The van der Waals surface area contributed by atoms with Crippen LogP contribution in [0.3, 0.4) is 0 Å². The van der Waals surface area contributed by atoms with E-state index in [1.165, 1.54) is 6.26 Å². The van der Waals surface area contributed by atoms with Crippen LogP contribution in [0.25, 0.3) is 0 Å². The van der Waals surface area contributed by atoms with E-state index in [0.717, 1.165) is 26.2 Å². The number of carbonyl (C=O) groups is 1. The molecule has 1 fully saturated rings. The molecule has 0 spiro atoms. The van der Waals surface area contributed by atoms with Crippen LogP contribution in [0, 0.1) is 7.05 Å². The van der Waals surface area contributed by atoms with Crippen molar-refractivity contribution >= 4 is 5.91 Å². The van der Waals surface area contributed by atoms with Gasteiger partial charge in [0.1, 0.15) is 0 Å². The summed E-state index contributed by atoms with van der Waals surface area (Å²) in [5.41, 5.74) is 0. The molecule has 1 aliphatic rings. The Bertz CT molecular complexity index is 300. The molecular weight excluding hydrogens is 180 g/mol. The zero-order valence-electron chi connectivity index (χ0n) is 7.98. The highest BCUT2D eigenvalue weighted by molar-refractivity contribution is 5.91. The lowest BCUT2D eigenvalue weighted by atomic mass is 10.3. The number of carbonyl (C=O) groups excluding carboxylic acids is 1. The van der Waals surface area contributed by atoms with Crippen molar-refractivity contribution in [2.45, 2.75) is 0 Å². The Kier molecular flexibility index (Phi) is 2.54. The predicted octanol–water partition coefficient (Wildman–Crippen LogP) is 0.829. The van der Waals surface area contributed by atoms with Gasteiger partial charge in [0.15, 0.2) is 5.76 Å². The van der Waals surface area contributed by atoms with Gasteiger partial charge in [0.05, 0.1) is 6.26 Å². The molecule has 1 aromatic heterocycles. The molecule has 0 unspecified atom stereocenters. The van der Waals surface area contributed by atoms with E-state index in [1.54, 1.807) is 17.0 Å². The highest BCUT2D eigenvalue weighted by Gasteiger charge is 2.20. The van der Waals surface area contributed by atoms with Crippen molar-refractivity contribution in [3.8, 4) is 0 Å². The Morgan fingerprint density at radius 2 is 2.07 bits per heavy atom. The summed E-state index contributed by atoms with van der Waals surface area (Å²) in [5, 5.41) is 0. The van der Waals surface area contributed by atoms with Crippen LogP contribution in [0.2, 0.25) is 0 Å². The van der Waals surface area contributed by atoms with Crippen LogP contribution in [-0.4, -0.2) is 41.9 Å². The maximum Gasteiger partial charge on any atom is 0.289 e. The van der Waals surface area contributed by atoms with E-state index in [0.29, 0.717) is 5.76 Å². The topological polar surface area (TPSA) is 36.7 Å². The average molecular weight is 193 g/mol. The Balaban J connectivity index is 1.99. The molecule has 4 heteroatoms. The molecule has 1 aromatic rings. The zero-order chi connectivity index (χ0) is 9.97. The fraction of sp³-hybridized carbons (Fsp3) is 0.400. The second-order valence-electron chi connectivity index (χ2n) is 3.39. The molecule has 2 heterocycles. The third-order valence-electron chi connectivity index (χ3n) is 2.39. The third kappa shape index (κ3) is 1.80. The van der Waals surface area contributed by atoms with Gasteiger partial charge in [-0.25, -0.2) is 0 Å². The van der Waals surface area contributed by atoms with Gasteiger partial charge in [-0.2, -0.15) is 0 Å². The van der Waals surface area contributed by atoms with Gasteiger partial charge in [-0.15, -0.1) is 0 Å². The first-order valence-corrected chi connectivity index (χ1v) is 4.65. The van der Waals surface area contributed by atoms with E-state index in [1.807, 2.05) is 4.90 Å². The van der Waals surface area contributed by atoms with Crippen molar-refractivity contribution < 1.29 is 9.21 Å². The number of amides is 1. The lowest BCUT2D eigenvalue weighted by Crippen LogP contribution is -2.46. The van der Waals surface area contributed by atoms with Gasteiger partial charge in [-0.1, -0.05) is 0 Å². The van der Waals surface area contributed by atoms with Gasteiger partial charge in [-0.3, -0.25) is 11.8 Å². The SMILES string of the molecule is [CH2-]N1CCN(C(=O)c2ccco2)CC1. The second-order valence-corrected chi connectivity index (χ2v) is 3.39. The van der Waals surface area contributed by atoms with E-state index >= 15 is 0 Å². The standard InChI is InChI=1S/C10H13N2O2/c1-11-4-6-12(7-5-11)10(13)9-3-2-8-14-9/h2-3,8H,1,4-7H2/q-1. The van der Waals surface area contributed by atoms with Crippen molar-refractivity contribution in [1.82, 2.24) is 9.80 Å². The molecule has 0 aliphatic carbocycles. The summed E-state index contributed by atoms with van der Waals surface area (Å²) in [4.78, 5) is 15.5. The van der Waals surface area contributed by atoms with Gasteiger partial charge >= 0.3 is 0 Å². The summed E-state index contributed by atoms with van der Waals surface area (Å²) in [7, 11) is 3.83. The zero-order valence-corrected chi connectivity index (χ0v) is 7.98. The van der Waals surface area contributed by atoms with Gasteiger partial charge in [0, 0.05) is 13.1 Å². The van der Waals surface area contributed by atoms with E-state index in [4.69, 9.17) is 4.42 Å². The highest BCUT2D eigenvalue weighted by atomic mass is 16.3. The van der Waals surface area contributed by atoms with Crippen LogP contribution in [0.1, 0.15) is 10.6 Å². The Morgan fingerprint density at radius 3 is 2.64 bits per heavy atom. The first-order chi connectivity index (χ1) is 6.77. The smallest absolute Gasteiger partial charge is 0.289 e. The quantitative estimate of drug-likeness (QED) is 0.620. The molecule has 0 bridgehead atoms. The summed E-state index contributed by atoms with van der Waals surface area (Å²) in [6.45, 7) is 3.10. The van der Waals surface area contributed by atoms with Crippen molar-refractivity contribution in [2.24, 2.45) is 0 Å². The van der Waals surface area contributed by atoms with Gasteiger partial charge in [-0.05, 0) is 25.2 Å². The molecule has 4 nitrogen and oxygen atoms in total. The van der Waals surface area contributed by atoms with Crippen LogP contribution >= 0.6 is 0 Å². The minimum Gasteiger partial charge on any atom is -0.459 e. The molecule has 76 valence electrons. The highest BCUT2D eigenvalue weighted by Crippen LogP contribution is 2.08. The molecule has 0 saturated carbocycles. The molecule has 0 aromatic carbocycles. The number of hydrogen-bond acceptors (Lipinski definition) is 3. The van der Waals surface area contributed by atoms with E-state index in [9.17, 15) is 4.79 Å². The summed E-state index contributed by atoms with van der Waals surface area (Å²) < 4.78 is 5.05. The first kappa shape index (κ1) is 9.27. The van der Waals surface area contributed by atoms with Crippen LogP contribution in [-0.2, 0) is 0 Å². The molecular formula is C10H13N2O2-. The minimum absolute atomic E-state index is 0.0249. The monoisotopic (exact) mass is 193 g/mol. The summed E-state index contributed by atoms with van der Waals surface area (Å²) in [6, 6.07) is 3.42. The normalized spacial score (nSPS) is 18.5. The number of furan rings is 1. The van der Waals surface area contributed by atoms with Crippen LogP contribution in [0.5, 0.6) is 0 Å². The molecule has 1 amide bonds. The van der Waals surface area contributed by atoms with E-state index in [2.05, 4.69) is 7.05 Å². The van der Waals surface area contributed by atoms with E-state index < -0.39 is 0 Å². The molecule has 0 N–H and O–H groups in total. The molecule has 0 radical (unpaired) electrons.